The molecule has 24 nitrogen and oxygen atoms in total. The van der Waals surface area contributed by atoms with Gasteiger partial charge >= 0.3 is 83.6 Å². The first-order valence-corrected chi connectivity index (χ1v) is 17.4. The molecule has 0 saturated heterocycles. The maximum atomic E-state index is 11.3. The molecular formula is C36H42O24. The van der Waals surface area contributed by atoms with E-state index in [1.165, 1.54) is 24.3 Å². The molecule has 0 amide bonds. The molecule has 0 heterocycles. The van der Waals surface area contributed by atoms with Crippen molar-refractivity contribution in [1.29, 1.82) is 0 Å². The van der Waals surface area contributed by atoms with Gasteiger partial charge < -0.3 is 49.6 Å². The molecular weight excluding hydrogens is 816 g/mol. The molecule has 60 heavy (non-hydrogen) atoms. The molecule has 1 rings (SSSR count). The van der Waals surface area contributed by atoms with Crippen LogP contribution in [0.15, 0.2) is 24.3 Å². The smallest absolute Gasteiger partial charge is 0.335 e. The minimum absolute atomic E-state index is 0.0833. The Bertz CT molecular complexity index is 1510. The Kier molecular flexibility index (Phi) is 28.9. The predicted molar refractivity (Wildman–Crippen MR) is 189 cm³/mol. The highest BCUT2D eigenvalue weighted by Gasteiger charge is 2.16. The van der Waals surface area contributed by atoms with Crippen molar-refractivity contribution >= 4 is 83.6 Å². The fourth-order valence-electron chi connectivity index (χ4n) is 3.58. The summed E-state index contributed by atoms with van der Waals surface area (Å²) < 4.78 is 17.4. The zero-order valence-corrected chi connectivity index (χ0v) is 31.7. The highest BCUT2D eigenvalue weighted by Crippen LogP contribution is 2.07. The van der Waals surface area contributed by atoms with Crippen LogP contribution in [0.1, 0.15) is 123 Å². The van der Waals surface area contributed by atoms with E-state index in [1.54, 1.807) is 0 Å². The number of aromatic carboxylic acids is 2. The maximum Gasteiger partial charge on any atom is 0.335 e. The SMILES string of the molecule is O=C(O)CCC(=O)OC(=O)CCCCC(=O)OC(=O)CCC(=O)O.O=C(O)CCC(=O)OC(=O)CCCCC(=O)OC(=O)CCC(=O)O.O=C(O)c1ccc(C(=O)O)cc1. The van der Waals surface area contributed by atoms with Crippen LogP contribution < -0.4 is 0 Å². The quantitative estimate of drug-likeness (QED) is 0.0374. The third kappa shape index (κ3) is 33.9. The van der Waals surface area contributed by atoms with Crippen LogP contribution in [0.2, 0.25) is 0 Å². The van der Waals surface area contributed by atoms with Gasteiger partial charge in [-0.3, -0.25) is 57.5 Å². The number of carbonyl (C=O) groups is 14. The average molecular weight is 859 g/mol. The minimum atomic E-state index is -1.18. The summed E-state index contributed by atoms with van der Waals surface area (Å²) in [6.45, 7) is 0. The fourth-order valence-corrected chi connectivity index (χ4v) is 3.58. The number of rotatable bonds is 24. The molecule has 0 atom stereocenters. The normalized spacial score (nSPS) is 9.73. The summed E-state index contributed by atoms with van der Waals surface area (Å²) in [4.78, 5) is 151. The first kappa shape index (κ1) is 54.7. The molecule has 6 N–H and O–H groups in total. The third-order valence-corrected chi connectivity index (χ3v) is 6.49. The van der Waals surface area contributed by atoms with Crippen LogP contribution in [-0.2, 0) is 76.5 Å². The van der Waals surface area contributed by atoms with Gasteiger partial charge in [-0.25, -0.2) is 9.59 Å². The van der Waals surface area contributed by atoms with Gasteiger partial charge in [0.25, 0.3) is 0 Å². The molecule has 0 fully saturated rings. The highest BCUT2D eigenvalue weighted by molar-refractivity contribution is 5.92. The number of carboxylic acid groups (broad SMARTS) is 6. The van der Waals surface area contributed by atoms with Crippen LogP contribution in [0.3, 0.4) is 0 Å². The van der Waals surface area contributed by atoms with Crippen molar-refractivity contribution in [1.82, 2.24) is 0 Å². The maximum absolute atomic E-state index is 11.3. The van der Waals surface area contributed by atoms with Gasteiger partial charge in [0.2, 0.25) is 0 Å². The van der Waals surface area contributed by atoms with Crippen LogP contribution in [0.5, 0.6) is 0 Å². The van der Waals surface area contributed by atoms with E-state index < -0.39 is 135 Å². The first-order chi connectivity index (χ1) is 28.0. The molecule has 1 aromatic rings. The van der Waals surface area contributed by atoms with Gasteiger partial charge in [0.1, 0.15) is 0 Å². The predicted octanol–water partition coefficient (Wildman–Crippen LogP) is 1.92. The van der Waals surface area contributed by atoms with Crippen molar-refractivity contribution in [3.05, 3.63) is 35.4 Å². The summed E-state index contributed by atoms with van der Waals surface area (Å²) >= 11 is 0. The van der Waals surface area contributed by atoms with Crippen molar-refractivity contribution in [3.63, 3.8) is 0 Å². The van der Waals surface area contributed by atoms with E-state index in [0.717, 1.165) is 0 Å². The molecule has 330 valence electrons. The Labute approximate surface area is 338 Å². The van der Waals surface area contributed by atoms with Crippen molar-refractivity contribution in [2.75, 3.05) is 0 Å². The van der Waals surface area contributed by atoms with E-state index in [4.69, 9.17) is 30.6 Å². The number of carbonyl (C=O) groups excluding carboxylic acids is 8. The molecule has 0 spiro atoms. The van der Waals surface area contributed by atoms with Gasteiger partial charge in [-0.15, -0.1) is 0 Å². The second-order valence-corrected chi connectivity index (χ2v) is 11.6. The molecule has 0 aliphatic heterocycles. The Morgan fingerprint density at radius 1 is 0.283 bits per heavy atom. The average Bonchev–Trinajstić information content (AvgIpc) is 3.15. The minimum Gasteiger partial charge on any atom is -0.481 e. The van der Waals surface area contributed by atoms with Gasteiger partial charge in [-0.1, -0.05) is 0 Å². The Morgan fingerprint density at radius 3 is 0.600 bits per heavy atom. The van der Waals surface area contributed by atoms with E-state index in [2.05, 4.69) is 18.9 Å². The van der Waals surface area contributed by atoms with Crippen molar-refractivity contribution in [3.8, 4) is 0 Å². The lowest BCUT2D eigenvalue weighted by atomic mass is 10.1. The third-order valence-electron chi connectivity index (χ3n) is 6.49. The van der Waals surface area contributed by atoms with E-state index in [1.807, 2.05) is 0 Å². The second-order valence-electron chi connectivity index (χ2n) is 11.6. The second kappa shape index (κ2) is 31.7. The van der Waals surface area contributed by atoms with Crippen molar-refractivity contribution < 1.29 is 117 Å². The van der Waals surface area contributed by atoms with Crippen LogP contribution >= 0.6 is 0 Å². The largest absolute Gasteiger partial charge is 0.481 e. The lowest BCUT2D eigenvalue weighted by molar-refractivity contribution is -0.163. The molecule has 0 aliphatic carbocycles. The molecule has 0 unspecified atom stereocenters. The monoisotopic (exact) mass is 858 g/mol. The van der Waals surface area contributed by atoms with E-state index in [0.29, 0.717) is 0 Å². The molecule has 0 aromatic heterocycles. The fraction of sp³-hybridized carbons (Fsp3) is 0.444. The zero-order valence-electron chi connectivity index (χ0n) is 31.7. The number of unbranched alkanes of at least 4 members (excludes halogenated alkanes) is 2. The lowest BCUT2D eigenvalue weighted by Gasteiger charge is -2.03. The Balaban J connectivity index is 0. The van der Waals surface area contributed by atoms with Crippen molar-refractivity contribution in [2.24, 2.45) is 0 Å². The number of hydrogen-bond donors (Lipinski definition) is 6. The van der Waals surface area contributed by atoms with Gasteiger partial charge in [0.15, 0.2) is 0 Å². The van der Waals surface area contributed by atoms with Crippen molar-refractivity contribution in [2.45, 2.75) is 103 Å². The highest BCUT2D eigenvalue weighted by atomic mass is 16.6. The lowest BCUT2D eigenvalue weighted by Crippen LogP contribution is -2.14. The number of benzene rings is 1. The van der Waals surface area contributed by atoms with Gasteiger partial charge in [-0.05, 0) is 49.9 Å². The molecule has 1 aromatic carbocycles. The summed E-state index contributed by atoms with van der Waals surface area (Å²) in [5, 5.41) is 50.4. The molecule has 0 aliphatic rings. The van der Waals surface area contributed by atoms with Crippen LogP contribution in [-0.4, -0.2) is 114 Å². The number of carboxylic acids is 6. The number of aliphatic carboxylic acids is 4. The van der Waals surface area contributed by atoms with Gasteiger partial charge in [0.05, 0.1) is 62.5 Å². The summed E-state index contributed by atoms with van der Waals surface area (Å²) in [6, 6.07) is 5.02. The van der Waals surface area contributed by atoms with E-state index in [9.17, 15) is 67.1 Å². The van der Waals surface area contributed by atoms with E-state index in [-0.39, 0.29) is 62.5 Å². The molecule has 0 saturated carbocycles. The summed E-state index contributed by atoms with van der Waals surface area (Å²) in [5.41, 5.74) is 0.167. The zero-order chi connectivity index (χ0) is 46.2. The Morgan fingerprint density at radius 2 is 0.450 bits per heavy atom. The summed E-state index contributed by atoms with van der Waals surface area (Å²) in [6.07, 6.45) is -3.21. The number of ether oxygens (including phenoxy) is 4. The van der Waals surface area contributed by atoms with Crippen LogP contribution in [0, 0.1) is 0 Å². The standard InChI is InChI=1S/2C14H18O10.C8H6O4/c2*15-9(16)5-7-13(21)23-11(19)3-1-2-4-12(20)24-14(22)8-6-10(17)18;9-7(10)5-1-2-6(4-3-5)8(11)12/h2*1-8H2,(H,15,16)(H,17,18);1-4H,(H,9,10)(H,11,12). The molecule has 24 heteroatoms. The van der Waals surface area contributed by atoms with E-state index >= 15 is 0 Å². The summed E-state index contributed by atoms with van der Waals surface area (Å²) in [7, 11) is 0. The topological polar surface area (TPSA) is 397 Å². The van der Waals surface area contributed by atoms with Gasteiger partial charge in [-0.2, -0.15) is 0 Å². The number of esters is 8. The Hall–Kier alpha value is -7.40. The van der Waals surface area contributed by atoms with Gasteiger partial charge in [0, 0.05) is 25.7 Å². The summed E-state index contributed by atoms with van der Waals surface area (Å²) in [5.74, 6) is -14.0. The number of hydrogen-bond acceptors (Lipinski definition) is 18. The van der Waals surface area contributed by atoms with Crippen LogP contribution in [0.4, 0.5) is 0 Å². The molecule has 0 radical (unpaired) electrons. The molecule has 0 bridgehead atoms. The van der Waals surface area contributed by atoms with Crippen LogP contribution in [0.25, 0.3) is 0 Å². The first-order valence-electron chi connectivity index (χ1n) is 17.4.